The van der Waals surface area contributed by atoms with Crippen LogP contribution in [0, 0.1) is 0 Å². The molecule has 0 bridgehead atoms. The Morgan fingerprint density at radius 2 is 2.15 bits per heavy atom. The summed E-state index contributed by atoms with van der Waals surface area (Å²) in [5.74, 6) is 0. The quantitative estimate of drug-likeness (QED) is 0.888. The van der Waals surface area contributed by atoms with Crippen LogP contribution in [0.5, 0.6) is 0 Å². The number of aliphatic imine (C=N–C) groups is 1. The zero-order valence-electron chi connectivity index (χ0n) is 10.0. The van der Waals surface area contributed by atoms with Crippen molar-refractivity contribution >= 4 is 29.5 Å². The second-order valence-electron chi connectivity index (χ2n) is 4.13. The Morgan fingerprint density at radius 1 is 1.30 bits per heavy atom. The molecule has 0 radical (unpaired) electrons. The Labute approximate surface area is 124 Å². The molecule has 1 unspecified atom stereocenters. The van der Waals surface area contributed by atoms with Crippen molar-refractivity contribution < 1.29 is 5.11 Å². The Hall–Kier alpha value is -1.89. The third-order valence-electron chi connectivity index (χ3n) is 2.82. The summed E-state index contributed by atoms with van der Waals surface area (Å²) in [6.45, 7) is 0. The SMILES string of the molecule is OC1(c2cc(Cl)ccc2-n2cc(Cl)nn2)C=CNC=N1. The first-order valence-corrected chi connectivity index (χ1v) is 6.42. The van der Waals surface area contributed by atoms with E-state index in [-0.39, 0.29) is 5.15 Å². The van der Waals surface area contributed by atoms with Crippen LogP contribution in [0.4, 0.5) is 0 Å². The predicted molar refractivity (Wildman–Crippen MR) is 76.0 cm³/mol. The molecule has 8 heteroatoms. The van der Waals surface area contributed by atoms with E-state index in [1.54, 1.807) is 24.4 Å². The normalized spacial score (nSPS) is 20.9. The fraction of sp³-hybridized carbons (Fsp3) is 0.0833. The molecule has 2 N–H and O–H groups in total. The molecule has 1 atom stereocenters. The highest BCUT2D eigenvalue weighted by Crippen LogP contribution is 2.32. The van der Waals surface area contributed by atoms with Crippen LogP contribution in [0.25, 0.3) is 5.69 Å². The van der Waals surface area contributed by atoms with Crippen molar-refractivity contribution in [3.63, 3.8) is 0 Å². The maximum absolute atomic E-state index is 10.6. The van der Waals surface area contributed by atoms with Gasteiger partial charge in [0.15, 0.2) is 5.15 Å². The summed E-state index contributed by atoms with van der Waals surface area (Å²) >= 11 is 11.8. The highest BCUT2D eigenvalue weighted by molar-refractivity contribution is 6.30. The first-order valence-electron chi connectivity index (χ1n) is 5.66. The molecule has 1 aromatic heterocycles. The Morgan fingerprint density at radius 3 is 2.80 bits per heavy atom. The average Bonchev–Trinajstić information content (AvgIpc) is 2.86. The van der Waals surface area contributed by atoms with Gasteiger partial charge in [0.25, 0.3) is 0 Å². The minimum absolute atomic E-state index is 0.252. The van der Waals surface area contributed by atoms with E-state index in [0.29, 0.717) is 16.3 Å². The summed E-state index contributed by atoms with van der Waals surface area (Å²) < 4.78 is 1.46. The van der Waals surface area contributed by atoms with E-state index in [1.807, 2.05) is 0 Å². The summed E-state index contributed by atoms with van der Waals surface area (Å²) in [4.78, 5) is 4.05. The van der Waals surface area contributed by atoms with Crippen LogP contribution in [0.2, 0.25) is 10.2 Å². The monoisotopic (exact) mass is 309 g/mol. The van der Waals surface area contributed by atoms with Crippen LogP contribution >= 0.6 is 23.2 Å². The third-order valence-corrected chi connectivity index (χ3v) is 3.22. The molecule has 1 aliphatic heterocycles. The maximum Gasteiger partial charge on any atom is 0.207 e. The lowest BCUT2D eigenvalue weighted by molar-refractivity contribution is 0.0982. The van der Waals surface area contributed by atoms with Gasteiger partial charge in [0.2, 0.25) is 5.72 Å². The van der Waals surface area contributed by atoms with Crippen molar-refractivity contribution in [2.45, 2.75) is 5.72 Å². The van der Waals surface area contributed by atoms with Crippen LogP contribution in [0.15, 0.2) is 41.7 Å². The summed E-state index contributed by atoms with van der Waals surface area (Å²) in [7, 11) is 0. The van der Waals surface area contributed by atoms with Crippen molar-refractivity contribution in [2.75, 3.05) is 0 Å². The molecule has 0 fully saturated rings. The first kappa shape index (κ1) is 13.1. The number of hydrogen-bond donors (Lipinski definition) is 2. The number of rotatable bonds is 2. The van der Waals surface area contributed by atoms with E-state index < -0.39 is 5.72 Å². The topological polar surface area (TPSA) is 75.3 Å². The fourth-order valence-electron chi connectivity index (χ4n) is 1.91. The molecule has 1 aliphatic rings. The summed E-state index contributed by atoms with van der Waals surface area (Å²) in [6.07, 6.45) is 6.04. The number of benzene rings is 1. The average molecular weight is 310 g/mol. The fourth-order valence-corrected chi connectivity index (χ4v) is 2.21. The van der Waals surface area contributed by atoms with Crippen molar-refractivity contribution in [1.29, 1.82) is 0 Å². The molecular formula is C12H9Cl2N5O. The molecule has 0 saturated heterocycles. The smallest absolute Gasteiger partial charge is 0.207 e. The van der Waals surface area contributed by atoms with Crippen LogP contribution in [-0.2, 0) is 5.72 Å². The van der Waals surface area contributed by atoms with Gasteiger partial charge >= 0.3 is 0 Å². The van der Waals surface area contributed by atoms with Crippen molar-refractivity contribution in [3.8, 4) is 5.69 Å². The molecule has 6 nitrogen and oxygen atoms in total. The second-order valence-corrected chi connectivity index (χ2v) is 4.96. The van der Waals surface area contributed by atoms with Gasteiger partial charge in [-0.05, 0) is 24.3 Å². The van der Waals surface area contributed by atoms with Crippen molar-refractivity contribution in [1.82, 2.24) is 20.3 Å². The standard InChI is InChI=1S/C12H9Cl2N5O/c13-8-1-2-10(19-6-11(14)17-18-19)9(5-8)12(20)3-4-15-7-16-12/h1-7,20H,(H,15,16). The Kier molecular flexibility index (Phi) is 3.21. The number of hydrogen-bond acceptors (Lipinski definition) is 5. The Balaban J connectivity index is 2.19. The lowest BCUT2D eigenvalue weighted by Crippen LogP contribution is -2.27. The van der Waals surface area contributed by atoms with Gasteiger partial charge < -0.3 is 10.4 Å². The van der Waals surface area contributed by atoms with Gasteiger partial charge in [0.1, 0.15) is 0 Å². The molecular weight excluding hydrogens is 301 g/mol. The summed E-state index contributed by atoms with van der Waals surface area (Å²) in [6, 6.07) is 5.03. The van der Waals surface area contributed by atoms with E-state index in [9.17, 15) is 5.11 Å². The van der Waals surface area contributed by atoms with Crippen LogP contribution < -0.4 is 5.32 Å². The summed E-state index contributed by atoms with van der Waals surface area (Å²) in [5.41, 5.74) is -0.468. The zero-order valence-corrected chi connectivity index (χ0v) is 11.5. The molecule has 0 spiro atoms. The van der Waals surface area contributed by atoms with Gasteiger partial charge in [-0.15, -0.1) is 5.10 Å². The molecule has 3 rings (SSSR count). The largest absolute Gasteiger partial charge is 0.362 e. The Bertz CT molecular complexity index is 698. The third kappa shape index (κ3) is 2.29. The number of nitrogens with zero attached hydrogens (tertiary/aromatic N) is 4. The van der Waals surface area contributed by atoms with Gasteiger partial charge in [0, 0.05) is 16.8 Å². The van der Waals surface area contributed by atoms with Gasteiger partial charge in [-0.25, -0.2) is 9.67 Å². The second kappa shape index (κ2) is 4.90. The number of aliphatic hydroxyl groups is 1. The van der Waals surface area contributed by atoms with E-state index >= 15 is 0 Å². The van der Waals surface area contributed by atoms with E-state index in [4.69, 9.17) is 23.2 Å². The van der Waals surface area contributed by atoms with Crippen molar-refractivity contribution in [2.24, 2.45) is 4.99 Å². The highest BCUT2D eigenvalue weighted by Gasteiger charge is 2.30. The van der Waals surface area contributed by atoms with Gasteiger partial charge in [-0.1, -0.05) is 28.4 Å². The number of aromatic nitrogens is 3. The molecule has 2 heterocycles. The van der Waals surface area contributed by atoms with Gasteiger partial charge in [-0.3, -0.25) is 0 Å². The maximum atomic E-state index is 10.6. The zero-order chi connectivity index (χ0) is 14.2. The molecule has 1 aromatic carbocycles. The van der Waals surface area contributed by atoms with Crippen molar-refractivity contribution in [3.05, 3.63) is 52.4 Å². The number of nitrogens with one attached hydrogen (secondary N) is 1. The van der Waals surface area contributed by atoms with E-state index in [0.717, 1.165) is 0 Å². The molecule has 2 aromatic rings. The first-order chi connectivity index (χ1) is 9.58. The molecule has 0 aliphatic carbocycles. The molecule has 0 saturated carbocycles. The van der Waals surface area contributed by atoms with Gasteiger partial charge in [0.05, 0.1) is 18.2 Å². The minimum Gasteiger partial charge on any atom is -0.362 e. The predicted octanol–water partition coefficient (Wildman–Crippen LogP) is 1.86. The van der Waals surface area contributed by atoms with E-state index in [2.05, 4.69) is 20.6 Å². The van der Waals surface area contributed by atoms with Gasteiger partial charge in [-0.2, -0.15) is 0 Å². The van der Waals surface area contributed by atoms with Crippen LogP contribution in [-0.4, -0.2) is 26.4 Å². The summed E-state index contributed by atoms with van der Waals surface area (Å²) in [5, 5.41) is 21.7. The minimum atomic E-state index is -1.52. The molecule has 20 heavy (non-hydrogen) atoms. The van der Waals surface area contributed by atoms with Crippen LogP contribution in [0.3, 0.4) is 0 Å². The lowest BCUT2D eigenvalue weighted by atomic mass is 10.0. The molecule has 102 valence electrons. The highest BCUT2D eigenvalue weighted by atomic mass is 35.5. The molecule has 0 amide bonds. The van der Waals surface area contributed by atoms with Crippen LogP contribution in [0.1, 0.15) is 5.56 Å². The lowest BCUT2D eigenvalue weighted by Gasteiger charge is -2.25. The van der Waals surface area contributed by atoms with E-state index in [1.165, 1.54) is 23.3 Å². The number of halogens is 2.